The van der Waals surface area contributed by atoms with Gasteiger partial charge >= 0.3 is 0 Å². The molecule has 0 atom stereocenters. The van der Waals surface area contributed by atoms with Crippen LogP contribution in [0.4, 0.5) is 0 Å². The third-order valence-corrected chi connectivity index (χ3v) is 2.88. The van der Waals surface area contributed by atoms with Gasteiger partial charge in [0.2, 0.25) is 0 Å². The minimum atomic E-state index is -1.33. The van der Waals surface area contributed by atoms with Crippen LogP contribution in [0.15, 0.2) is 24.4 Å². The van der Waals surface area contributed by atoms with E-state index in [1.165, 1.54) is 0 Å². The molecule has 1 heterocycles. The van der Waals surface area contributed by atoms with Gasteiger partial charge in [0.25, 0.3) is 0 Å². The number of aromatic nitrogens is 1. The lowest BCUT2D eigenvalue weighted by Crippen LogP contribution is -2.45. The summed E-state index contributed by atoms with van der Waals surface area (Å²) in [5.41, 5.74) is 0.861. The van der Waals surface area contributed by atoms with E-state index in [1.54, 1.807) is 6.20 Å². The van der Waals surface area contributed by atoms with Gasteiger partial charge < -0.3 is 4.98 Å². The lowest BCUT2D eigenvalue weighted by Gasteiger charge is -2.19. The van der Waals surface area contributed by atoms with Crippen molar-refractivity contribution in [1.82, 2.24) is 9.97 Å². The molecule has 0 saturated heterocycles. The first-order chi connectivity index (χ1) is 5.99. The fourth-order valence-corrected chi connectivity index (χ4v) is 2.75. The highest BCUT2D eigenvalue weighted by Crippen LogP contribution is 2.00. The van der Waals surface area contributed by atoms with Crippen molar-refractivity contribution in [3.63, 3.8) is 0 Å². The van der Waals surface area contributed by atoms with Crippen molar-refractivity contribution in [2.75, 3.05) is 0 Å². The first-order valence-electron chi connectivity index (χ1n) is 4.22. The van der Waals surface area contributed by atoms with Crippen LogP contribution in [0.25, 0.3) is 0 Å². The monoisotopic (exact) mass is 210 g/mol. The molecule has 0 aromatic carbocycles. The molecule has 13 heavy (non-hydrogen) atoms. The van der Waals surface area contributed by atoms with Crippen molar-refractivity contribution < 1.29 is 0 Å². The van der Waals surface area contributed by atoms with Gasteiger partial charge in [-0.3, -0.25) is 4.98 Å². The molecule has 0 aliphatic rings. The van der Waals surface area contributed by atoms with Gasteiger partial charge in [0.05, 0.1) is 5.69 Å². The molecule has 0 bridgehead atoms. The van der Waals surface area contributed by atoms with Gasteiger partial charge in [-0.2, -0.15) is 0 Å². The van der Waals surface area contributed by atoms with Crippen LogP contribution in [0.1, 0.15) is 5.69 Å². The number of nitrogens with one attached hydrogen (secondary N) is 1. The van der Waals surface area contributed by atoms with Gasteiger partial charge in [-0.15, -0.1) is 0 Å². The van der Waals surface area contributed by atoms with E-state index in [2.05, 4.69) is 29.6 Å². The largest absolute Gasteiger partial charge is 0.400 e. The smallest absolute Gasteiger partial charge is 0.145 e. The van der Waals surface area contributed by atoms with Crippen molar-refractivity contribution in [3.05, 3.63) is 30.1 Å². The van der Waals surface area contributed by atoms with Gasteiger partial charge in [0.15, 0.2) is 0 Å². The molecule has 0 aliphatic heterocycles. The SMILES string of the molecule is C[Si](C)(C)NC(=S)c1ccccn1. The second kappa shape index (κ2) is 3.98. The third-order valence-electron chi connectivity index (χ3n) is 1.39. The molecule has 1 aromatic heterocycles. The molecule has 0 amide bonds. The summed E-state index contributed by atoms with van der Waals surface area (Å²) < 4.78 is 0. The number of nitrogens with zero attached hydrogens (tertiary/aromatic N) is 1. The molecule has 70 valence electrons. The Morgan fingerprint density at radius 1 is 1.38 bits per heavy atom. The number of hydrogen-bond acceptors (Lipinski definition) is 2. The third kappa shape index (κ3) is 3.65. The Hall–Kier alpha value is -0.743. The van der Waals surface area contributed by atoms with E-state index in [1.807, 2.05) is 18.2 Å². The van der Waals surface area contributed by atoms with E-state index < -0.39 is 8.24 Å². The van der Waals surface area contributed by atoms with Crippen LogP contribution in [0.2, 0.25) is 19.6 Å². The Morgan fingerprint density at radius 3 is 2.54 bits per heavy atom. The van der Waals surface area contributed by atoms with Crippen LogP contribution in [-0.4, -0.2) is 18.2 Å². The maximum atomic E-state index is 5.23. The molecule has 1 aromatic rings. The summed E-state index contributed by atoms with van der Waals surface area (Å²) in [6, 6.07) is 5.76. The fourth-order valence-electron chi connectivity index (χ4n) is 0.902. The summed E-state index contributed by atoms with van der Waals surface area (Å²) >= 11 is 5.23. The molecule has 2 nitrogen and oxygen atoms in total. The molecule has 1 N–H and O–H groups in total. The molecule has 0 spiro atoms. The average molecular weight is 210 g/mol. The van der Waals surface area contributed by atoms with Crippen LogP contribution < -0.4 is 4.98 Å². The Kier molecular flexibility index (Phi) is 3.16. The normalized spacial score (nSPS) is 11.0. The number of pyridine rings is 1. The second-order valence-corrected chi connectivity index (χ2v) is 9.08. The van der Waals surface area contributed by atoms with Gasteiger partial charge in [0, 0.05) is 6.20 Å². The molecule has 0 aliphatic carbocycles. The second-order valence-electron chi connectivity index (χ2n) is 3.92. The van der Waals surface area contributed by atoms with Crippen LogP contribution in [-0.2, 0) is 0 Å². The van der Waals surface area contributed by atoms with E-state index in [4.69, 9.17) is 12.2 Å². The Bertz CT molecular complexity index is 292. The van der Waals surface area contributed by atoms with Crippen LogP contribution in [0.3, 0.4) is 0 Å². The van der Waals surface area contributed by atoms with Crippen LogP contribution in [0, 0.1) is 0 Å². The highest BCUT2D eigenvalue weighted by atomic mass is 32.1. The summed E-state index contributed by atoms with van der Waals surface area (Å²) in [5.74, 6) is 0. The van der Waals surface area contributed by atoms with Gasteiger partial charge in [-0.1, -0.05) is 37.9 Å². The van der Waals surface area contributed by atoms with Gasteiger partial charge in [0.1, 0.15) is 13.2 Å². The highest BCUT2D eigenvalue weighted by molar-refractivity contribution is 7.80. The van der Waals surface area contributed by atoms with Crippen LogP contribution >= 0.6 is 12.2 Å². The summed E-state index contributed by atoms with van der Waals surface area (Å²) in [6.07, 6.45) is 1.76. The zero-order chi connectivity index (χ0) is 9.90. The standard InChI is InChI=1S/C9H14N2SSi/c1-13(2,3)11-9(12)8-6-4-5-7-10-8/h4-7H,1-3H3,(H,11,12). The van der Waals surface area contributed by atoms with Gasteiger partial charge in [-0.25, -0.2) is 0 Å². The predicted molar refractivity (Wildman–Crippen MR) is 62.4 cm³/mol. The van der Waals surface area contributed by atoms with E-state index >= 15 is 0 Å². The Balaban J connectivity index is 2.71. The lowest BCUT2D eigenvalue weighted by molar-refractivity contribution is 1.25. The molecule has 0 radical (unpaired) electrons. The Morgan fingerprint density at radius 2 is 2.08 bits per heavy atom. The van der Waals surface area contributed by atoms with Crippen LogP contribution in [0.5, 0.6) is 0 Å². The van der Waals surface area contributed by atoms with Crippen molar-refractivity contribution in [1.29, 1.82) is 0 Å². The van der Waals surface area contributed by atoms with E-state index in [9.17, 15) is 0 Å². The summed E-state index contributed by atoms with van der Waals surface area (Å²) in [5, 5.41) is 0. The average Bonchev–Trinajstić information content (AvgIpc) is 2.03. The molecule has 0 unspecified atom stereocenters. The molecular formula is C9H14N2SSi. The molecular weight excluding hydrogens is 196 g/mol. The Labute approximate surface area is 85.5 Å². The van der Waals surface area contributed by atoms with E-state index in [0.29, 0.717) is 0 Å². The molecule has 4 heteroatoms. The van der Waals surface area contributed by atoms with Gasteiger partial charge in [-0.05, 0) is 12.1 Å². The number of hydrogen-bond donors (Lipinski definition) is 1. The topological polar surface area (TPSA) is 24.9 Å². The first kappa shape index (κ1) is 10.3. The minimum absolute atomic E-state index is 0.764. The first-order valence-corrected chi connectivity index (χ1v) is 8.13. The predicted octanol–water partition coefficient (Wildman–Crippen LogP) is 2.18. The van der Waals surface area contributed by atoms with Crippen molar-refractivity contribution in [2.24, 2.45) is 0 Å². The lowest BCUT2D eigenvalue weighted by atomic mass is 10.4. The zero-order valence-electron chi connectivity index (χ0n) is 8.16. The van der Waals surface area contributed by atoms with Crippen molar-refractivity contribution in [3.8, 4) is 0 Å². The molecule has 0 fully saturated rings. The minimum Gasteiger partial charge on any atom is -0.400 e. The maximum absolute atomic E-state index is 5.23. The number of thiocarbonyl (C=S) groups is 1. The zero-order valence-corrected chi connectivity index (χ0v) is 9.98. The van der Waals surface area contributed by atoms with Crippen molar-refractivity contribution in [2.45, 2.75) is 19.6 Å². The number of rotatable bonds is 2. The quantitative estimate of drug-likeness (QED) is 0.598. The maximum Gasteiger partial charge on any atom is 0.145 e. The fraction of sp³-hybridized carbons (Fsp3) is 0.333. The molecule has 0 saturated carbocycles. The van der Waals surface area contributed by atoms with E-state index in [0.717, 1.165) is 10.7 Å². The molecule has 1 rings (SSSR count). The van der Waals surface area contributed by atoms with Crippen molar-refractivity contribution >= 4 is 25.4 Å². The summed E-state index contributed by atoms with van der Waals surface area (Å²) in [4.78, 5) is 8.29. The van der Waals surface area contributed by atoms with E-state index in [-0.39, 0.29) is 0 Å². The summed E-state index contributed by atoms with van der Waals surface area (Å²) in [7, 11) is -1.33. The highest BCUT2D eigenvalue weighted by Gasteiger charge is 2.15. The summed E-state index contributed by atoms with van der Waals surface area (Å²) in [6.45, 7) is 6.63.